The number of ketones is 1. The predicted octanol–water partition coefficient (Wildman–Crippen LogP) is 4.42. The minimum absolute atomic E-state index is 0.0922. The van der Waals surface area contributed by atoms with Crippen LogP contribution in [0, 0.1) is 0 Å². The summed E-state index contributed by atoms with van der Waals surface area (Å²) in [7, 11) is 2.77. The van der Waals surface area contributed by atoms with Crippen LogP contribution in [-0.2, 0) is 39.9 Å². The molecule has 5 saturated heterocycles. The summed E-state index contributed by atoms with van der Waals surface area (Å²) in [6, 6.07) is 16.8. The summed E-state index contributed by atoms with van der Waals surface area (Å²) in [4.78, 5) is 69.5. The molecule has 0 saturated carbocycles. The van der Waals surface area contributed by atoms with Crippen LogP contribution in [0.3, 0.4) is 0 Å². The van der Waals surface area contributed by atoms with E-state index in [4.69, 9.17) is 9.47 Å². The lowest BCUT2D eigenvalue weighted by Gasteiger charge is -2.58. The lowest BCUT2D eigenvalue weighted by atomic mass is 9.94. The number of fused-ring (bicyclic) bond motifs is 3. The van der Waals surface area contributed by atoms with Gasteiger partial charge >= 0.3 is 11.9 Å². The summed E-state index contributed by atoms with van der Waals surface area (Å²) in [5.41, 5.74) is 3.02. The number of carbonyl (C=O) groups is 5. The standard InChI is InChI=1S/C36H30N2O7S2/c1-21(39)29(23-12-6-3-7-13-23)32(41)45-27-17-9-15-25-20-36-33(42)37-30-24(19-35(37,46-47-36)34(43)38(36)31(25)27)14-8-16-26(30)44-28(40)18-22-10-4-2-5-11-22/h2-17,26-27,29-31H,18-20H2,1H3/t26-,27-,29?,30-,31-,35+,36+/m0/s1. The first-order chi connectivity index (χ1) is 22.7. The number of hydrogen-bond acceptors (Lipinski definition) is 9. The molecule has 47 heavy (non-hydrogen) atoms. The predicted molar refractivity (Wildman–Crippen MR) is 175 cm³/mol. The Bertz CT molecular complexity index is 1840. The van der Waals surface area contributed by atoms with Crippen LogP contribution in [-0.4, -0.2) is 73.4 Å². The number of esters is 2. The Morgan fingerprint density at radius 1 is 0.787 bits per heavy atom. The van der Waals surface area contributed by atoms with Crippen molar-refractivity contribution >= 4 is 51.1 Å². The third kappa shape index (κ3) is 4.50. The summed E-state index contributed by atoms with van der Waals surface area (Å²) in [5.74, 6) is -3.03. The molecular formula is C36H30N2O7S2. The zero-order valence-corrected chi connectivity index (χ0v) is 26.9. The molecule has 2 aromatic carbocycles. The zero-order chi connectivity index (χ0) is 32.5. The Morgan fingerprint density at radius 3 is 1.83 bits per heavy atom. The van der Waals surface area contributed by atoms with Crippen molar-refractivity contribution in [2.24, 2.45) is 0 Å². The van der Waals surface area contributed by atoms with Crippen molar-refractivity contribution in [1.29, 1.82) is 0 Å². The largest absolute Gasteiger partial charge is 0.455 e. The summed E-state index contributed by atoms with van der Waals surface area (Å²) in [6.45, 7) is 1.36. The molecule has 2 aromatic rings. The molecule has 5 aliphatic heterocycles. The first-order valence-corrected chi connectivity index (χ1v) is 17.7. The monoisotopic (exact) mass is 666 g/mol. The highest BCUT2D eigenvalue weighted by Crippen LogP contribution is 2.69. The molecule has 7 aliphatic rings. The van der Waals surface area contributed by atoms with Gasteiger partial charge in [-0.2, -0.15) is 0 Å². The lowest BCUT2D eigenvalue weighted by molar-refractivity contribution is -0.172. The molecular weight excluding hydrogens is 637 g/mol. The highest BCUT2D eigenvalue weighted by molar-refractivity contribution is 8.78. The van der Waals surface area contributed by atoms with E-state index in [-0.39, 0.29) is 36.9 Å². The molecule has 1 unspecified atom stereocenters. The number of Topliss-reactive ketones (excluding diaryl/α,β-unsaturated/α-hetero) is 1. The van der Waals surface area contributed by atoms with Crippen molar-refractivity contribution in [3.63, 3.8) is 0 Å². The van der Waals surface area contributed by atoms with Crippen molar-refractivity contribution in [2.75, 3.05) is 0 Å². The van der Waals surface area contributed by atoms with Gasteiger partial charge in [0.1, 0.15) is 23.9 Å². The number of amides is 2. The lowest BCUT2D eigenvalue weighted by Crippen LogP contribution is -2.77. The maximum absolute atomic E-state index is 14.8. The Labute approximate surface area is 279 Å². The maximum Gasteiger partial charge on any atom is 0.321 e. The average molecular weight is 667 g/mol. The van der Waals surface area contributed by atoms with Crippen LogP contribution in [0.2, 0.25) is 0 Å². The molecule has 0 N–H and O–H groups in total. The van der Waals surface area contributed by atoms with Gasteiger partial charge in [-0.3, -0.25) is 24.0 Å². The number of benzene rings is 2. The Hall–Kier alpha value is -4.35. The Morgan fingerprint density at radius 2 is 1.30 bits per heavy atom. The number of hydrogen-bond donors (Lipinski definition) is 0. The van der Waals surface area contributed by atoms with E-state index < -0.39 is 51.9 Å². The molecule has 7 atom stereocenters. The van der Waals surface area contributed by atoms with Crippen molar-refractivity contribution < 1.29 is 33.4 Å². The van der Waals surface area contributed by atoms with Crippen LogP contribution in [0.5, 0.6) is 0 Å². The van der Waals surface area contributed by atoms with E-state index in [1.165, 1.54) is 28.5 Å². The average Bonchev–Trinajstić information content (AvgIpc) is 3.60. The number of piperazine rings is 1. The van der Waals surface area contributed by atoms with Gasteiger partial charge < -0.3 is 19.3 Å². The van der Waals surface area contributed by atoms with Crippen LogP contribution < -0.4 is 0 Å². The van der Waals surface area contributed by atoms with Gasteiger partial charge in [0.15, 0.2) is 9.74 Å². The topological polar surface area (TPSA) is 110 Å². The number of carbonyl (C=O) groups excluding carboxylic acids is 5. The highest BCUT2D eigenvalue weighted by Gasteiger charge is 2.77. The van der Waals surface area contributed by atoms with Gasteiger partial charge in [-0.15, -0.1) is 0 Å². The smallest absolute Gasteiger partial charge is 0.321 e. The van der Waals surface area contributed by atoms with Gasteiger partial charge in [-0.25, -0.2) is 0 Å². The molecule has 9 nitrogen and oxygen atoms in total. The van der Waals surface area contributed by atoms with Gasteiger partial charge in [0.25, 0.3) is 11.8 Å². The normalized spacial score (nSPS) is 31.7. The van der Waals surface area contributed by atoms with Crippen molar-refractivity contribution in [3.8, 4) is 0 Å². The van der Waals surface area contributed by atoms with E-state index in [0.29, 0.717) is 5.56 Å². The van der Waals surface area contributed by atoms with Crippen molar-refractivity contribution in [2.45, 2.75) is 66.1 Å². The fourth-order valence-electron chi connectivity index (χ4n) is 7.74. The van der Waals surface area contributed by atoms with E-state index >= 15 is 0 Å². The molecule has 2 aliphatic carbocycles. The van der Waals surface area contributed by atoms with E-state index in [2.05, 4.69) is 0 Å². The Balaban J connectivity index is 1.08. The zero-order valence-electron chi connectivity index (χ0n) is 25.3. The molecule has 9 rings (SSSR count). The fraction of sp³-hybridized carbons (Fsp3) is 0.306. The number of allylic oxidation sites excluding steroid dienone is 4. The van der Waals surface area contributed by atoms with Crippen LogP contribution in [0.4, 0.5) is 0 Å². The maximum atomic E-state index is 14.8. The molecule has 0 radical (unpaired) electrons. The van der Waals surface area contributed by atoms with Gasteiger partial charge in [0.2, 0.25) is 0 Å². The van der Waals surface area contributed by atoms with E-state index in [1.54, 1.807) is 58.4 Å². The molecule has 0 aromatic heterocycles. The second kappa shape index (κ2) is 11.1. The molecule has 2 spiro atoms. The second-order valence-electron chi connectivity index (χ2n) is 12.6. The molecule has 5 heterocycles. The summed E-state index contributed by atoms with van der Waals surface area (Å²) < 4.78 is 12.0. The van der Waals surface area contributed by atoms with E-state index in [1.807, 2.05) is 48.6 Å². The van der Waals surface area contributed by atoms with Crippen LogP contribution >= 0.6 is 21.6 Å². The molecule has 5 fully saturated rings. The first kappa shape index (κ1) is 30.0. The second-order valence-corrected chi connectivity index (χ2v) is 15.2. The van der Waals surface area contributed by atoms with Gasteiger partial charge in [0, 0.05) is 12.8 Å². The Kier molecular flexibility index (Phi) is 7.10. The first-order valence-electron chi connectivity index (χ1n) is 15.5. The van der Waals surface area contributed by atoms with Gasteiger partial charge in [-0.05, 0) is 41.3 Å². The summed E-state index contributed by atoms with van der Waals surface area (Å²) in [5, 5.41) is 0. The molecule has 11 heteroatoms. The van der Waals surface area contributed by atoms with Crippen molar-refractivity contribution in [3.05, 3.63) is 119 Å². The minimum Gasteiger partial charge on any atom is -0.455 e. The number of rotatable bonds is 7. The molecule has 2 amide bonds. The van der Waals surface area contributed by atoms with Crippen LogP contribution in [0.15, 0.2) is 108 Å². The third-order valence-electron chi connectivity index (χ3n) is 9.74. The molecule has 238 valence electrons. The number of nitrogens with zero attached hydrogens (tertiary/aromatic N) is 2. The van der Waals surface area contributed by atoms with Crippen molar-refractivity contribution in [1.82, 2.24) is 9.80 Å². The minimum atomic E-state index is -1.26. The summed E-state index contributed by atoms with van der Waals surface area (Å²) in [6.07, 6.45) is 9.90. The van der Waals surface area contributed by atoms with Gasteiger partial charge in [0.05, 0.1) is 18.5 Å². The van der Waals surface area contributed by atoms with E-state index in [9.17, 15) is 24.0 Å². The number of ether oxygens (including phenoxy) is 2. The fourth-order valence-corrected chi connectivity index (χ4v) is 11.5. The van der Waals surface area contributed by atoms with Crippen LogP contribution in [0.25, 0.3) is 0 Å². The van der Waals surface area contributed by atoms with E-state index in [0.717, 1.165) is 16.7 Å². The quantitative estimate of drug-likeness (QED) is 0.241. The molecule has 2 bridgehead atoms. The highest BCUT2D eigenvalue weighted by atomic mass is 33.1. The summed E-state index contributed by atoms with van der Waals surface area (Å²) >= 11 is 0. The third-order valence-corrected chi connectivity index (χ3v) is 13.3. The van der Waals surface area contributed by atoms with Gasteiger partial charge in [-0.1, -0.05) is 107 Å². The SMILES string of the molecule is CC(=O)C(C(=O)O[C@H]1C=CC=C2C[C@@]34SS[C@]5(CC6=CC=C[C@H](OC(=O)Cc7ccccc7)[C@H]6N5C3=O)C(=O)N4[C@@H]21)c1ccccc1. The van der Waals surface area contributed by atoms with Crippen LogP contribution in [0.1, 0.15) is 36.8 Å².